The number of aromatic amines is 2. The van der Waals surface area contributed by atoms with E-state index in [0.29, 0.717) is 70.6 Å². The molecule has 17 amide bonds. The van der Waals surface area contributed by atoms with Crippen LogP contribution in [0.4, 0.5) is 0 Å². The van der Waals surface area contributed by atoms with E-state index in [1.165, 1.54) is 57.2 Å². The number of thioether (sulfide) groups is 1. The molecule has 0 spiro atoms. The molecule has 132 heavy (non-hydrogen) atoms. The number of unbranched alkanes of at least 4 members (excludes halogenated alkanes) is 2. The lowest BCUT2D eigenvalue weighted by molar-refractivity contribution is -0.149. The number of hydrogen-bond acceptors (Lipinski definition) is 22. The average Bonchev–Trinajstić information content (AvgIpc) is 1.67. The molecular formula is C89H128N22O20S. The molecule has 42 nitrogen and oxygen atoms in total. The fraction of sp³-hybridized carbons (Fsp3) is 0.551. The van der Waals surface area contributed by atoms with Gasteiger partial charge in [-0.1, -0.05) is 102 Å². The van der Waals surface area contributed by atoms with Crippen molar-refractivity contribution in [2.45, 2.75) is 235 Å². The van der Waals surface area contributed by atoms with Gasteiger partial charge in [-0.3, -0.25) is 86.9 Å². The van der Waals surface area contributed by atoms with E-state index >= 15 is 33.6 Å². The van der Waals surface area contributed by atoms with Crippen LogP contribution in [0.5, 0.6) is 5.75 Å². The molecule has 8 rings (SSSR count). The number of guanidine groups is 1. The van der Waals surface area contributed by atoms with Crippen molar-refractivity contribution < 1.29 is 96.8 Å². The maximum atomic E-state index is 15.7. The van der Waals surface area contributed by atoms with Crippen LogP contribution in [0.2, 0.25) is 0 Å². The van der Waals surface area contributed by atoms with Crippen LogP contribution in [0.15, 0.2) is 85.2 Å². The first-order chi connectivity index (χ1) is 62.9. The number of fused-ring (bicyclic) bond motifs is 4. The summed E-state index contributed by atoms with van der Waals surface area (Å²) in [6, 6.07) is -1.87. The number of phenols is 1. The maximum Gasteiger partial charge on any atom is 0.246 e. The molecule has 5 aromatic rings. The van der Waals surface area contributed by atoms with Crippen LogP contribution in [0.25, 0.3) is 21.8 Å². The van der Waals surface area contributed by atoms with Crippen molar-refractivity contribution in [3.63, 3.8) is 0 Å². The number of para-hydroxylation sites is 2. The SMILES string of the molecule is CCCC[C@H]1C(=O)N(C)[C@@H](CCCC)C(=O)N[C@@H](CCCNC(=N)N)C(=O)NC(C(=O)NCC(N)=O)CSCC(=O)N[C@@H](Cc2ccc(O)cc2)C(=O)N(C)[C@@H](C)C(=O)N[C@@H](CC(N)=O)C(=O)N2CCC[C@H]2C(=O)N[C@@H](CO)C(=O)N[C@@H](CCC(C)C)C(=O)N2CCC[C@H]2C(=O)N[C@@H](Cc2c[nH]c3ccccc23)C(=O)N[C@@H](CO)C(=O)N[C@@H](Cc2c[nH]c3ccccc23)C(=O)N1C. The van der Waals surface area contributed by atoms with E-state index in [0.717, 1.165) is 31.4 Å². The lowest BCUT2D eigenvalue weighted by Gasteiger charge is -2.36. The molecule has 5 heterocycles. The molecule has 3 aromatic carbocycles. The van der Waals surface area contributed by atoms with Gasteiger partial charge in [0.15, 0.2) is 5.96 Å². The average molecular weight is 1860 g/mol. The summed E-state index contributed by atoms with van der Waals surface area (Å²) in [4.78, 5) is 260. The zero-order valence-electron chi connectivity index (χ0n) is 75.8. The van der Waals surface area contributed by atoms with E-state index in [2.05, 4.69) is 68.5 Å². The predicted molar refractivity (Wildman–Crippen MR) is 488 cm³/mol. The number of primary amides is 2. The molecule has 3 fully saturated rings. The van der Waals surface area contributed by atoms with Crippen molar-refractivity contribution in [1.82, 2.24) is 93.0 Å². The van der Waals surface area contributed by atoms with Gasteiger partial charge >= 0.3 is 0 Å². The number of H-pyrrole nitrogens is 2. The van der Waals surface area contributed by atoms with Gasteiger partial charge in [-0.2, -0.15) is 0 Å². The second kappa shape index (κ2) is 50.5. The highest BCUT2D eigenvalue weighted by Gasteiger charge is 2.45. The van der Waals surface area contributed by atoms with Crippen LogP contribution in [-0.2, 0) is 101 Å². The highest BCUT2D eigenvalue weighted by Crippen LogP contribution is 2.28. The normalized spacial score (nSPS) is 24.5. The fourth-order valence-electron chi connectivity index (χ4n) is 16.2. The lowest BCUT2D eigenvalue weighted by Crippen LogP contribution is -2.62. The Labute approximate surface area is 769 Å². The molecule has 0 aliphatic carbocycles. The van der Waals surface area contributed by atoms with E-state index in [1.54, 1.807) is 60.9 Å². The Morgan fingerprint density at radius 3 is 1.52 bits per heavy atom. The topological polar surface area (TPSA) is 633 Å². The van der Waals surface area contributed by atoms with E-state index in [1.807, 2.05) is 27.7 Å². The van der Waals surface area contributed by atoms with Crippen molar-refractivity contribution in [2.24, 2.45) is 23.1 Å². The summed E-state index contributed by atoms with van der Waals surface area (Å²) in [6.45, 7) is 5.67. The number of nitrogens with two attached hydrogens (primary N) is 3. The van der Waals surface area contributed by atoms with E-state index in [9.17, 15) is 63.3 Å². The molecule has 3 aliphatic heterocycles. The smallest absolute Gasteiger partial charge is 0.246 e. The Balaban J connectivity index is 1.18. The maximum absolute atomic E-state index is 15.7. The summed E-state index contributed by atoms with van der Waals surface area (Å²) in [6.07, 6.45) is 3.87. The zero-order chi connectivity index (χ0) is 96.7. The van der Waals surface area contributed by atoms with Crippen LogP contribution < -0.4 is 75.7 Å². The number of rotatable bonds is 26. The number of aliphatic hydroxyl groups is 2. The molecule has 0 saturated carbocycles. The lowest BCUT2D eigenvalue weighted by atomic mass is 10.00. The molecule has 0 radical (unpaired) electrons. The van der Waals surface area contributed by atoms with Crippen LogP contribution in [0.3, 0.4) is 0 Å². The number of aromatic hydroxyl groups is 1. The molecule has 2 aromatic heterocycles. The zero-order valence-corrected chi connectivity index (χ0v) is 76.6. The molecule has 3 saturated heterocycles. The van der Waals surface area contributed by atoms with Gasteiger partial charge in [0.25, 0.3) is 0 Å². The Hall–Kier alpha value is -12.9. The predicted octanol–water partition coefficient (Wildman–Crippen LogP) is -2.48. The molecule has 3 aliphatic rings. The van der Waals surface area contributed by atoms with Crippen molar-refractivity contribution in [3.8, 4) is 5.75 Å². The number of carbonyl (C=O) groups is 17. The molecule has 43 heteroatoms. The Bertz CT molecular complexity index is 4930. The standard InChI is InChI=1S/C89H128N22O20S/c1-9-11-25-68-81(124)99-59(24-17-35-94-89(92)93)77(120)106-67(76(119)97-44-73(91)116)47-132-48-74(117)98-62(38-51-30-32-54(114)33-31-51)84(127)107(6)50(5)75(118)102-64(41-72(90)115)87(130)111-37-19-28-70(111)83(126)105-66(46-113)79(122)100-60(34-29-49(3)4)86(129)110-36-18-27-69(110)82(125)101-61(39-52-42-95-57-22-15-13-20-55(52)57)78(121)104-65(45-112)80(123)103-63(40-53-43-96-58-23-16-14-21-56(53)58)85(128)109(8)71(26-12-10-2)88(131)108(68)7/h13-16,20-23,30-33,42-43,49-50,59-71,95-96,112-114H,9-12,17-19,24-29,34-41,44-48H2,1-8H3,(H2,90,115)(H2,91,116)(H,97,119)(H,98,117)(H,99,124)(H,100,122)(H,101,125)(H,102,118)(H,103,123)(H,104,121)(H,105,126)(H,106,120)(H4,92,93,94)/t50-,59-,60-,61-,62-,63-,64-,65-,66-,67?,68-,69-,70-,71-/m0/s1. The quantitative estimate of drug-likeness (QED) is 0.0155. The van der Waals surface area contributed by atoms with E-state index in [4.69, 9.17) is 22.6 Å². The number of nitrogens with zero attached hydrogens (tertiary/aromatic N) is 5. The number of benzene rings is 3. The summed E-state index contributed by atoms with van der Waals surface area (Å²) in [7, 11) is 3.91. The molecule has 720 valence electrons. The van der Waals surface area contributed by atoms with E-state index < -0.39 is 229 Å². The number of likely N-dealkylation sites (N-methyl/N-ethyl adjacent to an activating group) is 3. The summed E-state index contributed by atoms with van der Waals surface area (Å²) >= 11 is 0.760. The van der Waals surface area contributed by atoms with Gasteiger partial charge in [0.05, 0.1) is 31.9 Å². The first kappa shape index (κ1) is 104. The summed E-state index contributed by atoms with van der Waals surface area (Å²) in [5.74, 6) is -17.6. The number of carbonyl (C=O) groups excluding carboxylic acids is 17. The molecule has 1 unspecified atom stereocenters. The monoisotopic (exact) mass is 1860 g/mol. The summed E-state index contributed by atoms with van der Waals surface area (Å²) in [5.41, 5.74) is 19.5. The van der Waals surface area contributed by atoms with Crippen molar-refractivity contribution in [1.29, 1.82) is 5.41 Å². The number of phenolic OH excluding ortho intramolecular Hbond substituents is 1. The number of aromatic nitrogens is 2. The second-order valence-electron chi connectivity index (χ2n) is 34.0. The second-order valence-corrected chi connectivity index (χ2v) is 35.0. The van der Waals surface area contributed by atoms with Gasteiger partial charge < -0.3 is 125 Å². The minimum Gasteiger partial charge on any atom is -0.508 e. The Kier molecular flexibility index (Phi) is 39.9. The Morgan fingerprint density at radius 1 is 0.500 bits per heavy atom. The van der Waals surface area contributed by atoms with Gasteiger partial charge in [-0.25, -0.2) is 0 Å². The third-order valence-electron chi connectivity index (χ3n) is 23.8. The van der Waals surface area contributed by atoms with Crippen LogP contribution >= 0.6 is 11.8 Å². The summed E-state index contributed by atoms with van der Waals surface area (Å²) in [5, 5.41) is 70.1. The minimum atomic E-state index is -1.85. The number of nitrogens with one attached hydrogen (secondary N) is 14. The van der Waals surface area contributed by atoms with Crippen molar-refractivity contribution >= 4 is 140 Å². The van der Waals surface area contributed by atoms with Gasteiger partial charge in [0.2, 0.25) is 100 Å². The molecular weight excluding hydrogens is 1730 g/mol. The number of aliphatic hydroxyl groups excluding tert-OH is 2. The van der Waals surface area contributed by atoms with Crippen molar-refractivity contribution in [2.75, 3.05) is 72.0 Å². The highest BCUT2D eigenvalue weighted by atomic mass is 32.2. The summed E-state index contributed by atoms with van der Waals surface area (Å²) < 4.78 is 0. The minimum absolute atomic E-state index is 0.000688. The third kappa shape index (κ3) is 29.3. The molecule has 23 N–H and O–H groups in total. The van der Waals surface area contributed by atoms with E-state index in [-0.39, 0.29) is 108 Å². The number of hydrogen-bond donors (Lipinski definition) is 20. The van der Waals surface area contributed by atoms with Gasteiger partial charge in [-0.15, -0.1) is 11.8 Å². The third-order valence-corrected chi connectivity index (χ3v) is 24.9. The molecule has 14 atom stereocenters. The van der Waals surface area contributed by atoms with Gasteiger partial charge in [0, 0.05) is 100.0 Å². The van der Waals surface area contributed by atoms with Crippen LogP contribution in [0.1, 0.15) is 148 Å². The largest absolute Gasteiger partial charge is 0.508 e. The van der Waals surface area contributed by atoms with Crippen LogP contribution in [-0.4, -0.2) is 313 Å². The fourth-order valence-corrected chi connectivity index (χ4v) is 17.1. The van der Waals surface area contributed by atoms with Crippen LogP contribution in [0, 0.1) is 11.3 Å². The van der Waals surface area contributed by atoms with Gasteiger partial charge in [0.1, 0.15) is 90.3 Å². The highest BCUT2D eigenvalue weighted by molar-refractivity contribution is 8.00. The van der Waals surface area contributed by atoms with Crippen molar-refractivity contribution in [3.05, 3.63) is 102 Å². The number of amides is 17. The van der Waals surface area contributed by atoms with Gasteiger partial charge in [-0.05, 0) is 118 Å². The first-order valence-corrected chi connectivity index (χ1v) is 45.8. The first-order valence-electron chi connectivity index (χ1n) is 44.6. The molecule has 0 bridgehead atoms. The Morgan fingerprint density at radius 2 is 0.977 bits per heavy atom.